The van der Waals surface area contributed by atoms with E-state index in [1.165, 1.54) is 0 Å². The molecule has 4 atom stereocenters. The summed E-state index contributed by atoms with van der Waals surface area (Å²) in [6, 6.07) is -5.01. The van der Waals surface area contributed by atoms with Crippen molar-refractivity contribution in [3.05, 3.63) is 0 Å². The predicted molar refractivity (Wildman–Crippen MR) is 126 cm³/mol. The number of carboxylic acids is 1. The molecule has 0 spiro atoms. The number of hydrogen-bond acceptors (Lipinski definition) is 8. The van der Waals surface area contributed by atoms with E-state index in [4.69, 9.17) is 22.9 Å². The fraction of sp³-hybridized carbons (Fsp3) is 0.700. The Balaban J connectivity index is 5.38. The van der Waals surface area contributed by atoms with E-state index in [1.807, 2.05) is 0 Å². The van der Waals surface area contributed by atoms with Crippen molar-refractivity contribution in [3.63, 3.8) is 0 Å². The van der Waals surface area contributed by atoms with Gasteiger partial charge in [0.25, 0.3) is 0 Å². The van der Waals surface area contributed by atoms with E-state index in [0.717, 1.165) is 0 Å². The van der Waals surface area contributed by atoms with Crippen LogP contribution in [0.25, 0.3) is 0 Å². The van der Waals surface area contributed by atoms with Crippen molar-refractivity contribution in [1.82, 2.24) is 16.0 Å². The van der Waals surface area contributed by atoms with Crippen LogP contribution in [0.5, 0.6) is 0 Å². The fourth-order valence-corrected chi connectivity index (χ4v) is 2.91. The lowest BCUT2D eigenvalue weighted by Crippen LogP contribution is -2.58. The van der Waals surface area contributed by atoms with Crippen LogP contribution in [0.15, 0.2) is 4.99 Å². The number of hydrogen-bond donors (Lipinski definition) is 9. The van der Waals surface area contributed by atoms with Gasteiger partial charge < -0.3 is 49.1 Å². The van der Waals surface area contributed by atoms with E-state index in [0.29, 0.717) is 0 Å². The van der Waals surface area contributed by atoms with Crippen LogP contribution in [0.2, 0.25) is 0 Å². The zero-order valence-corrected chi connectivity index (χ0v) is 20.0. The molecule has 4 unspecified atom stereocenters. The maximum Gasteiger partial charge on any atom is 0.326 e. The average Bonchev–Trinajstić information content (AvgIpc) is 2.76. The number of nitrogens with one attached hydrogen (secondary N) is 3. The second-order valence-electron chi connectivity index (χ2n) is 8.39. The third kappa shape index (κ3) is 13.7. The van der Waals surface area contributed by atoms with Crippen LogP contribution in [0, 0.1) is 5.92 Å². The molecule has 0 heterocycles. The number of carboxylic acid groups (broad SMARTS) is 1. The van der Waals surface area contributed by atoms with Gasteiger partial charge >= 0.3 is 5.97 Å². The lowest BCUT2D eigenvalue weighted by Gasteiger charge is -2.25. The predicted octanol–water partition coefficient (Wildman–Crippen LogP) is -3.79. The van der Waals surface area contributed by atoms with Gasteiger partial charge in [0, 0.05) is 13.0 Å². The molecule has 0 aromatic heterocycles. The van der Waals surface area contributed by atoms with Crippen molar-refractivity contribution in [1.29, 1.82) is 0 Å². The van der Waals surface area contributed by atoms with Crippen molar-refractivity contribution in [3.8, 4) is 0 Å². The smallest absolute Gasteiger partial charge is 0.326 e. The molecule has 0 aromatic carbocycles. The summed E-state index contributed by atoms with van der Waals surface area (Å²) >= 11 is 0. The molecule has 0 fully saturated rings. The second-order valence-corrected chi connectivity index (χ2v) is 8.39. The number of carbonyl (C=O) groups excluding carboxylic acids is 4. The van der Waals surface area contributed by atoms with Crippen molar-refractivity contribution >= 4 is 35.6 Å². The first-order valence-corrected chi connectivity index (χ1v) is 11.1. The van der Waals surface area contributed by atoms with Crippen molar-refractivity contribution in [2.24, 2.45) is 33.8 Å². The number of nitrogens with zero attached hydrogens (tertiary/aromatic N) is 1. The number of rotatable bonds is 17. The van der Waals surface area contributed by atoms with Gasteiger partial charge in [0.2, 0.25) is 23.6 Å². The Morgan fingerprint density at radius 2 is 1.40 bits per heavy atom. The molecular weight excluding hydrogens is 464 g/mol. The molecule has 0 rings (SSSR count). The number of carbonyl (C=O) groups is 5. The zero-order valence-electron chi connectivity index (χ0n) is 20.0. The first-order valence-electron chi connectivity index (χ1n) is 11.1. The van der Waals surface area contributed by atoms with Gasteiger partial charge in [-0.15, -0.1) is 0 Å². The van der Waals surface area contributed by atoms with Crippen LogP contribution in [-0.4, -0.2) is 83.1 Å². The SMILES string of the molecule is CC(C)CC(NC(=O)C(CCCN=C(N)N)NC(=O)C(CO)NC(=O)C(N)CCC(N)=O)C(=O)O. The number of guanidine groups is 1. The number of aliphatic imine (C=N–C) groups is 1. The molecule has 0 radical (unpaired) electrons. The molecule has 35 heavy (non-hydrogen) atoms. The van der Waals surface area contributed by atoms with Crippen molar-refractivity contribution in [2.75, 3.05) is 13.2 Å². The summed E-state index contributed by atoms with van der Waals surface area (Å²) < 4.78 is 0. The molecule has 0 saturated carbocycles. The molecule has 0 aromatic rings. The molecule has 0 aliphatic carbocycles. The summed E-state index contributed by atoms with van der Waals surface area (Å²) in [6.07, 6.45) is 0.236. The lowest BCUT2D eigenvalue weighted by atomic mass is 10.0. The molecule has 200 valence electrons. The number of primary amides is 1. The van der Waals surface area contributed by atoms with Crippen molar-refractivity contribution < 1.29 is 34.2 Å². The average molecular weight is 503 g/mol. The van der Waals surface area contributed by atoms with Crippen LogP contribution in [0.3, 0.4) is 0 Å². The fourth-order valence-electron chi connectivity index (χ4n) is 2.91. The molecular formula is C20H38N8O7. The monoisotopic (exact) mass is 502 g/mol. The summed E-state index contributed by atoms with van der Waals surface area (Å²) in [6.45, 7) is 2.91. The summed E-state index contributed by atoms with van der Waals surface area (Å²) in [5.74, 6) is -4.55. The van der Waals surface area contributed by atoms with Crippen LogP contribution in [0.4, 0.5) is 0 Å². The Morgan fingerprint density at radius 3 is 1.89 bits per heavy atom. The normalized spacial score (nSPS) is 14.2. The Hall–Kier alpha value is -3.46. The molecule has 4 amide bonds. The molecule has 15 nitrogen and oxygen atoms in total. The van der Waals surface area contributed by atoms with Gasteiger partial charge in [0.05, 0.1) is 12.6 Å². The van der Waals surface area contributed by atoms with E-state index >= 15 is 0 Å². The molecule has 0 aliphatic heterocycles. The number of aliphatic hydroxyl groups excluding tert-OH is 1. The van der Waals surface area contributed by atoms with Gasteiger partial charge in [0.1, 0.15) is 18.1 Å². The lowest BCUT2D eigenvalue weighted by molar-refractivity contribution is -0.143. The van der Waals surface area contributed by atoms with Gasteiger partial charge in [-0.25, -0.2) is 4.79 Å². The Morgan fingerprint density at radius 1 is 0.857 bits per heavy atom. The first-order chi connectivity index (χ1) is 16.3. The number of nitrogens with two attached hydrogens (primary N) is 4. The summed E-state index contributed by atoms with van der Waals surface area (Å²) in [5.41, 5.74) is 21.2. The number of amides is 4. The number of aliphatic hydroxyl groups is 1. The van der Waals surface area contributed by atoms with Crippen LogP contribution in [-0.2, 0) is 24.0 Å². The molecule has 15 heteroatoms. The van der Waals surface area contributed by atoms with Crippen LogP contribution < -0.4 is 38.9 Å². The summed E-state index contributed by atoms with van der Waals surface area (Å²) in [5, 5.41) is 26.0. The summed E-state index contributed by atoms with van der Waals surface area (Å²) in [7, 11) is 0. The van der Waals surface area contributed by atoms with Gasteiger partial charge in [-0.2, -0.15) is 0 Å². The highest BCUT2D eigenvalue weighted by atomic mass is 16.4. The highest BCUT2D eigenvalue weighted by molar-refractivity contribution is 5.94. The Kier molecular flexibility index (Phi) is 14.6. The van der Waals surface area contributed by atoms with E-state index in [2.05, 4.69) is 20.9 Å². The van der Waals surface area contributed by atoms with Gasteiger partial charge in [0.15, 0.2) is 5.96 Å². The Labute approximate surface area is 203 Å². The third-order valence-corrected chi connectivity index (χ3v) is 4.75. The maximum atomic E-state index is 12.8. The minimum Gasteiger partial charge on any atom is -0.480 e. The molecule has 0 bridgehead atoms. The highest BCUT2D eigenvalue weighted by Crippen LogP contribution is 2.07. The van der Waals surface area contributed by atoms with Crippen molar-refractivity contribution in [2.45, 2.75) is 70.1 Å². The summed E-state index contributed by atoms with van der Waals surface area (Å²) in [4.78, 5) is 63.8. The maximum absolute atomic E-state index is 12.8. The topological polar surface area (TPSA) is 278 Å². The largest absolute Gasteiger partial charge is 0.480 e. The second kappa shape index (κ2) is 16.2. The van der Waals surface area contributed by atoms with Gasteiger partial charge in [-0.1, -0.05) is 13.8 Å². The van der Waals surface area contributed by atoms with Crippen LogP contribution in [0.1, 0.15) is 46.0 Å². The Bertz CT molecular complexity index is 771. The number of aliphatic carboxylic acids is 1. The minimum absolute atomic E-state index is 0.0286. The standard InChI is InChI=1S/C20H38N8O7/c1-10(2)8-13(19(34)35)27-17(32)12(4-3-7-25-20(23)24)26-18(33)14(9-29)28-16(31)11(21)5-6-15(22)30/h10-14,29H,3-9,21H2,1-2H3,(H2,22,30)(H,26,33)(H,27,32)(H,28,31)(H,34,35)(H4,23,24,25). The van der Waals surface area contributed by atoms with E-state index in [-0.39, 0.29) is 50.5 Å². The van der Waals surface area contributed by atoms with E-state index in [9.17, 15) is 34.2 Å². The zero-order chi connectivity index (χ0) is 27.1. The van der Waals surface area contributed by atoms with E-state index in [1.54, 1.807) is 13.8 Å². The van der Waals surface area contributed by atoms with E-state index < -0.39 is 60.4 Å². The van der Waals surface area contributed by atoms with Gasteiger partial charge in [-0.3, -0.25) is 24.2 Å². The first kappa shape index (κ1) is 31.5. The van der Waals surface area contributed by atoms with Gasteiger partial charge in [-0.05, 0) is 31.6 Å². The third-order valence-electron chi connectivity index (χ3n) is 4.75. The molecule has 13 N–H and O–H groups in total. The highest BCUT2D eigenvalue weighted by Gasteiger charge is 2.30. The minimum atomic E-state index is -1.46. The molecule has 0 aliphatic rings. The quantitative estimate of drug-likeness (QED) is 0.0531. The molecule has 0 saturated heterocycles. The van der Waals surface area contributed by atoms with Crippen LogP contribution >= 0.6 is 0 Å².